The summed E-state index contributed by atoms with van der Waals surface area (Å²) in [5, 5.41) is 11.6. The third-order valence-corrected chi connectivity index (χ3v) is 4.61. The van der Waals surface area contributed by atoms with Crippen molar-refractivity contribution in [2.75, 3.05) is 5.32 Å². The van der Waals surface area contributed by atoms with Crippen LogP contribution in [0.4, 0.5) is 5.69 Å². The van der Waals surface area contributed by atoms with E-state index in [0.29, 0.717) is 0 Å². The van der Waals surface area contributed by atoms with E-state index in [2.05, 4.69) is 25.1 Å². The maximum absolute atomic E-state index is 12.2. The summed E-state index contributed by atoms with van der Waals surface area (Å²) in [6.07, 6.45) is 11.2. The highest BCUT2D eigenvalue weighted by Gasteiger charge is 2.16. The molecule has 27 heavy (non-hydrogen) atoms. The lowest BCUT2D eigenvalue weighted by Gasteiger charge is -2.08. The number of aryl methyl sites for hydroxylation is 1. The minimum absolute atomic E-state index is 0.184. The standard InChI is InChI=1S/C21H21N5O/c27-20(11-10-16-6-5-12-22-15-16)23-18-8-4-7-17(14-18)21-25-24-19-9-2-1-3-13-26(19)21/h4-8,10-12,14-15H,1-3,9,13H2,(H,23,27)/b11-10+. The van der Waals surface area contributed by atoms with Gasteiger partial charge in [-0.3, -0.25) is 9.78 Å². The molecule has 0 atom stereocenters. The van der Waals surface area contributed by atoms with Crippen molar-refractivity contribution in [2.24, 2.45) is 0 Å². The smallest absolute Gasteiger partial charge is 0.248 e. The van der Waals surface area contributed by atoms with Crippen molar-refractivity contribution in [1.29, 1.82) is 0 Å². The monoisotopic (exact) mass is 359 g/mol. The zero-order valence-corrected chi connectivity index (χ0v) is 15.0. The van der Waals surface area contributed by atoms with Gasteiger partial charge >= 0.3 is 0 Å². The third-order valence-electron chi connectivity index (χ3n) is 4.61. The van der Waals surface area contributed by atoms with Crippen LogP contribution in [0.15, 0.2) is 54.9 Å². The van der Waals surface area contributed by atoms with Crippen LogP contribution in [-0.4, -0.2) is 25.7 Å². The van der Waals surface area contributed by atoms with Crippen LogP contribution in [0.5, 0.6) is 0 Å². The van der Waals surface area contributed by atoms with E-state index in [1.54, 1.807) is 18.5 Å². The molecule has 3 heterocycles. The molecule has 3 aromatic rings. The number of hydrogen-bond acceptors (Lipinski definition) is 4. The van der Waals surface area contributed by atoms with E-state index in [9.17, 15) is 4.79 Å². The second-order valence-corrected chi connectivity index (χ2v) is 6.59. The summed E-state index contributed by atoms with van der Waals surface area (Å²) in [7, 11) is 0. The minimum Gasteiger partial charge on any atom is -0.322 e. The number of carbonyl (C=O) groups excluding carboxylic acids is 1. The summed E-state index contributed by atoms with van der Waals surface area (Å²) in [5.74, 6) is 1.74. The average Bonchev–Trinajstić information content (AvgIpc) is 2.96. The zero-order valence-electron chi connectivity index (χ0n) is 15.0. The van der Waals surface area contributed by atoms with E-state index < -0.39 is 0 Å². The quantitative estimate of drug-likeness (QED) is 0.721. The fourth-order valence-electron chi connectivity index (χ4n) is 3.27. The van der Waals surface area contributed by atoms with Crippen molar-refractivity contribution in [3.8, 4) is 11.4 Å². The first-order valence-electron chi connectivity index (χ1n) is 9.21. The Hall–Kier alpha value is -3.28. The molecule has 0 radical (unpaired) electrons. The lowest BCUT2D eigenvalue weighted by Crippen LogP contribution is -2.08. The van der Waals surface area contributed by atoms with Gasteiger partial charge in [0.15, 0.2) is 5.82 Å². The van der Waals surface area contributed by atoms with Crippen LogP contribution in [0.1, 0.15) is 30.7 Å². The SMILES string of the molecule is O=C(/C=C/c1cccnc1)Nc1cccc(-c2nnc3n2CCCCC3)c1. The number of nitrogens with zero attached hydrogens (tertiary/aromatic N) is 4. The van der Waals surface area contributed by atoms with Crippen molar-refractivity contribution >= 4 is 17.7 Å². The number of rotatable bonds is 4. The largest absolute Gasteiger partial charge is 0.322 e. The van der Waals surface area contributed by atoms with E-state index in [1.807, 2.05) is 36.4 Å². The molecule has 136 valence electrons. The summed E-state index contributed by atoms with van der Waals surface area (Å²) in [6, 6.07) is 11.5. The van der Waals surface area contributed by atoms with E-state index in [1.165, 1.54) is 12.5 Å². The van der Waals surface area contributed by atoms with Crippen LogP contribution in [0, 0.1) is 0 Å². The molecular formula is C21H21N5O. The summed E-state index contributed by atoms with van der Waals surface area (Å²) in [6.45, 7) is 0.947. The molecule has 1 N–H and O–H groups in total. The van der Waals surface area contributed by atoms with Crippen LogP contribution in [0.3, 0.4) is 0 Å². The molecule has 0 fully saturated rings. The Morgan fingerprint density at radius 3 is 2.96 bits per heavy atom. The Balaban J connectivity index is 1.51. The highest BCUT2D eigenvalue weighted by Crippen LogP contribution is 2.24. The van der Waals surface area contributed by atoms with Gasteiger partial charge in [-0.25, -0.2) is 0 Å². The van der Waals surface area contributed by atoms with Gasteiger partial charge < -0.3 is 9.88 Å². The first-order chi connectivity index (χ1) is 13.3. The summed E-state index contributed by atoms with van der Waals surface area (Å²) in [4.78, 5) is 16.2. The topological polar surface area (TPSA) is 72.7 Å². The Labute approximate surface area is 158 Å². The molecule has 4 rings (SSSR count). The molecule has 0 aliphatic carbocycles. The van der Waals surface area contributed by atoms with E-state index >= 15 is 0 Å². The number of nitrogens with one attached hydrogen (secondary N) is 1. The molecule has 0 spiro atoms. The minimum atomic E-state index is -0.184. The molecule has 6 heteroatoms. The molecule has 2 aromatic heterocycles. The number of anilines is 1. The summed E-state index contributed by atoms with van der Waals surface area (Å²) < 4.78 is 2.20. The maximum atomic E-state index is 12.2. The Morgan fingerprint density at radius 1 is 1.11 bits per heavy atom. The van der Waals surface area contributed by atoms with Gasteiger partial charge in [0.1, 0.15) is 5.82 Å². The molecular weight excluding hydrogens is 338 g/mol. The molecule has 0 saturated heterocycles. The molecule has 1 amide bonds. The van der Waals surface area contributed by atoms with Crippen molar-refractivity contribution in [1.82, 2.24) is 19.7 Å². The van der Waals surface area contributed by atoms with Gasteiger partial charge in [-0.1, -0.05) is 24.6 Å². The number of aromatic nitrogens is 4. The molecule has 0 unspecified atom stereocenters. The van der Waals surface area contributed by atoms with Gasteiger partial charge in [-0.2, -0.15) is 0 Å². The van der Waals surface area contributed by atoms with Gasteiger partial charge in [0.2, 0.25) is 5.91 Å². The molecule has 1 aromatic carbocycles. The van der Waals surface area contributed by atoms with Crippen LogP contribution < -0.4 is 5.32 Å². The third kappa shape index (κ3) is 4.11. The van der Waals surface area contributed by atoms with Gasteiger partial charge in [-0.05, 0) is 42.7 Å². The van der Waals surface area contributed by atoms with Gasteiger partial charge in [0.05, 0.1) is 0 Å². The van der Waals surface area contributed by atoms with E-state index in [4.69, 9.17) is 0 Å². The highest BCUT2D eigenvalue weighted by molar-refractivity contribution is 6.02. The maximum Gasteiger partial charge on any atom is 0.248 e. The fourth-order valence-corrected chi connectivity index (χ4v) is 3.27. The van der Waals surface area contributed by atoms with E-state index in [0.717, 1.165) is 54.3 Å². The number of hydrogen-bond donors (Lipinski definition) is 1. The molecule has 0 bridgehead atoms. The second-order valence-electron chi connectivity index (χ2n) is 6.59. The Bertz CT molecular complexity index is 962. The van der Waals surface area contributed by atoms with Crippen LogP contribution in [0.25, 0.3) is 17.5 Å². The highest BCUT2D eigenvalue weighted by atomic mass is 16.1. The van der Waals surface area contributed by atoms with Crippen molar-refractivity contribution in [2.45, 2.75) is 32.2 Å². The molecule has 1 aliphatic rings. The van der Waals surface area contributed by atoms with Gasteiger partial charge in [-0.15, -0.1) is 10.2 Å². The molecule has 1 aliphatic heterocycles. The average molecular weight is 359 g/mol. The zero-order chi connectivity index (χ0) is 18.5. The second kappa shape index (κ2) is 7.95. The number of pyridine rings is 1. The molecule has 0 saturated carbocycles. The van der Waals surface area contributed by atoms with Crippen LogP contribution in [-0.2, 0) is 17.8 Å². The predicted octanol–water partition coefficient (Wildman–Crippen LogP) is 3.72. The van der Waals surface area contributed by atoms with Crippen molar-refractivity contribution in [3.05, 3.63) is 66.3 Å². The molecule has 6 nitrogen and oxygen atoms in total. The Kier molecular flexibility index (Phi) is 5.05. The first kappa shape index (κ1) is 17.1. The fraction of sp³-hybridized carbons (Fsp3) is 0.238. The van der Waals surface area contributed by atoms with Crippen molar-refractivity contribution in [3.63, 3.8) is 0 Å². The Morgan fingerprint density at radius 2 is 2.07 bits per heavy atom. The van der Waals surface area contributed by atoms with Crippen molar-refractivity contribution < 1.29 is 4.79 Å². The predicted molar refractivity (Wildman–Crippen MR) is 105 cm³/mol. The van der Waals surface area contributed by atoms with Crippen LogP contribution >= 0.6 is 0 Å². The van der Waals surface area contributed by atoms with Crippen LogP contribution in [0.2, 0.25) is 0 Å². The number of fused-ring (bicyclic) bond motifs is 1. The first-order valence-corrected chi connectivity index (χ1v) is 9.21. The van der Waals surface area contributed by atoms with Gasteiger partial charge in [0.25, 0.3) is 0 Å². The van der Waals surface area contributed by atoms with Gasteiger partial charge in [0, 0.05) is 42.7 Å². The van der Waals surface area contributed by atoms with E-state index in [-0.39, 0.29) is 5.91 Å². The number of benzene rings is 1. The number of carbonyl (C=O) groups is 1. The number of amides is 1. The lowest BCUT2D eigenvalue weighted by molar-refractivity contribution is -0.111. The summed E-state index contributed by atoms with van der Waals surface area (Å²) in [5.41, 5.74) is 2.58. The lowest BCUT2D eigenvalue weighted by atomic mass is 10.2. The summed E-state index contributed by atoms with van der Waals surface area (Å²) >= 11 is 0. The normalized spacial score (nSPS) is 13.9.